The number of hydrogen-bond donors (Lipinski definition) is 1. The van der Waals surface area contributed by atoms with Crippen LogP contribution in [0.2, 0.25) is 0 Å². The van der Waals surface area contributed by atoms with Gasteiger partial charge in [-0.05, 0) is 19.4 Å². The molecule has 2 rings (SSSR count). The lowest BCUT2D eigenvalue weighted by atomic mass is 10.1. The highest BCUT2D eigenvalue weighted by Gasteiger charge is 2.05. The number of hydrogen-bond acceptors (Lipinski definition) is 3. The number of rotatable bonds is 4. The molecule has 2 nitrogen and oxygen atoms in total. The molecule has 2 aromatic rings. The van der Waals surface area contributed by atoms with Gasteiger partial charge < -0.3 is 5.73 Å². The van der Waals surface area contributed by atoms with Crippen LogP contribution in [0.15, 0.2) is 29.6 Å². The Bertz CT molecular complexity index is 488. The van der Waals surface area contributed by atoms with Crippen LogP contribution in [0.1, 0.15) is 28.8 Å². The summed E-state index contributed by atoms with van der Waals surface area (Å²) in [5.41, 5.74) is 9.52. The number of thiazole rings is 1. The fourth-order valence-corrected chi connectivity index (χ4v) is 2.69. The van der Waals surface area contributed by atoms with E-state index < -0.39 is 0 Å². The van der Waals surface area contributed by atoms with E-state index in [2.05, 4.69) is 41.6 Å². The highest BCUT2D eigenvalue weighted by molar-refractivity contribution is 7.09. The lowest BCUT2D eigenvalue weighted by Crippen LogP contribution is -2.17. The molecule has 0 amide bonds. The first-order chi connectivity index (χ1) is 8.13. The van der Waals surface area contributed by atoms with Gasteiger partial charge in [0, 0.05) is 24.3 Å². The zero-order valence-corrected chi connectivity index (χ0v) is 11.1. The van der Waals surface area contributed by atoms with Gasteiger partial charge in [-0.3, -0.25) is 0 Å². The van der Waals surface area contributed by atoms with Crippen molar-refractivity contribution in [1.29, 1.82) is 0 Å². The smallest absolute Gasteiger partial charge is 0.0972 e. The molecule has 0 fully saturated rings. The van der Waals surface area contributed by atoms with E-state index >= 15 is 0 Å². The Kier molecular flexibility index (Phi) is 3.92. The van der Waals surface area contributed by atoms with Crippen molar-refractivity contribution in [1.82, 2.24) is 4.98 Å². The number of nitrogens with two attached hydrogens (primary N) is 1. The largest absolute Gasteiger partial charge is 0.328 e. The lowest BCUT2D eigenvalue weighted by Gasteiger charge is -2.01. The number of aryl methyl sites for hydroxylation is 1. The van der Waals surface area contributed by atoms with Crippen molar-refractivity contribution in [2.75, 3.05) is 0 Å². The standard InChI is InChI=1S/C14H18N2S/c1-10-4-3-5-12(6-10)8-14-16-13(9-17-14)7-11(2)15/h3-6,9,11H,7-8,15H2,1-2H3. The van der Waals surface area contributed by atoms with Gasteiger partial charge in [-0.2, -0.15) is 0 Å². The Morgan fingerprint density at radius 1 is 1.41 bits per heavy atom. The van der Waals surface area contributed by atoms with Gasteiger partial charge in [0.05, 0.1) is 10.7 Å². The Labute approximate surface area is 107 Å². The molecule has 2 N–H and O–H groups in total. The molecule has 1 heterocycles. The maximum Gasteiger partial charge on any atom is 0.0972 e. The molecule has 0 bridgehead atoms. The van der Waals surface area contributed by atoms with Crippen molar-refractivity contribution >= 4 is 11.3 Å². The molecule has 0 saturated heterocycles. The van der Waals surface area contributed by atoms with Gasteiger partial charge in [0.2, 0.25) is 0 Å². The van der Waals surface area contributed by atoms with E-state index in [1.54, 1.807) is 11.3 Å². The topological polar surface area (TPSA) is 38.9 Å². The molecule has 1 aromatic carbocycles. The van der Waals surface area contributed by atoms with Crippen LogP contribution in [0.3, 0.4) is 0 Å². The van der Waals surface area contributed by atoms with E-state index in [-0.39, 0.29) is 6.04 Å². The lowest BCUT2D eigenvalue weighted by molar-refractivity contribution is 0.724. The van der Waals surface area contributed by atoms with Crippen LogP contribution in [0.25, 0.3) is 0 Å². The van der Waals surface area contributed by atoms with Crippen molar-refractivity contribution in [2.24, 2.45) is 5.73 Å². The normalized spacial score (nSPS) is 12.6. The summed E-state index contributed by atoms with van der Waals surface area (Å²) in [5, 5.41) is 3.29. The first kappa shape index (κ1) is 12.3. The Morgan fingerprint density at radius 2 is 2.24 bits per heavy atom. The molecule has 1 atom stereocenters. The zero-order valence-electron chi connectivity index (χ0n) is 10.3. The van der Waals surface area contributed by atoms with Crippen molar-refractivity contribution < 1.29 is 0 Å². The maximum absolute atomic E-state index is 5.77. The first-order valence-electron chi connectivity index (χ1n) is 5.88. The van der Waals surface area contributed by atoms with Gasteiger partial charge in [-0.1, -0.05) is 29.8 Å². The molecular formula is C14H18N2S. The predicted octanol–water partition coefficient (Wildman–Crippen LogP) is 2.93. The molecule has 1 aromatic heterocycles. The fraction of sp³-hybridized carbons (Fsp3) is 0.357. The van der Waals surface area contributed by atoms with Gasteiger partial charge in [0.15, 0.2) is 0 Å². The molecule has 3 heteroatoms. The van der Waals surface area contributed by atoms with Crippen LogP contribution in [0.5, 0.6) is 0 Å². The minimum Gasteiger partial charge on any atom is -0.328 e. The van der Waals surface area contributed by atoms with Gasteiger partial charge in [0.25, 0.3) is 0 Å². The van der Waals surface area contributed by atoms with Crippen LogP contribution in [-0.4, -0.2) is 11.0 Å². The summed E-state index contributed by atoms with van der Waals surface area (Å²) in [6.07, 6.45) is 1.79. The summed E-state index contributed by atoms with van der Waals surface area (Å²) in [4.78, 5) is 4.61. The summed E-state index contributed by atoms with van der Waals surface area (Å²) in [6, 6.07) is 8.77. The Hall–Kier alpha value is -1.19. The van der Waals surface area contributed by atoms with Crippen LogP contribution in [0, 0.1) is 6.92 Å². The van der Waals surface area contributed by atoms with E-state index in [0.717, 1.165) is 18.5 Å². The monoisotopic (exact) mass is 246 g/mol. The molecule has 0 saturated carbocycles. The van der Waals surface area contributed by atoms with E-state index in [9.17, 15) is 0 Å². The Morgan fingerprint density at radius 3 is 2.94 bits per heavy atom. The summed E-state index contributed by atoms with van der Waals surface area (Å²) in [7, 11) is 0. The second-order valence-electron chi connectivity index (χ2n) is 4.58. The van der Waals surface area contributed by atoms with Crippen LogP contribution >= 0.6 is 11.3 Å². The van der Waals surface area contributed by atoms with Crippen molar-refractivity contribution in [3.8, 4) is 0 Å². The van der Waals surface area contributed by atoms with E-state index in [0.29, 0.717) is 0 Å². The number of benzene rings is 1. The van der Waals surface area contributed by atoms with Gasteiger partial charge in [-0.15, -0.1) is 11.3 Å². The average molecular weight is 246 g/mol. The molecule has 1 unspecified atom stereocenters. The number of nitrogens with zero attached hydrogens (tertiary/aromatic N) is 1. The van der Waals surface area contributed by atoms with Gasteiger partial charge >= 0.3 is 0 Å². The summed E-state index contributed by atoms with van der Waals surface area (Å²) in [5.74, 6) is 0. The van der Waals surface area contributed by atoms with Gasteiger partial charge in [0.1, 0.15) is 0 Å². The molecule has 0 spiro atoms. The molecule has 0 aliphatic heterocycles. The maximum atomic E-state index is 5.77. The summed E-state index contributed by atoms with van der Waals surface area (Å²) in [6.45, 7) is 4.13. The fourth-order valence-electron chi connectivity index (χ4n) is 1.85. The summed E-state index contributed by atoms with van der Waals surface area (Å²) < 4.78 is 0. The van der Waals surface area contributed by atoms with Crippen LogP contribution in [-0.2, 0) is 12.8 Å². The summed E-state index contributed by atoms with van der Waals surface area (Å²) >= 11 is 1.73. The highest BCUT2D eigenvalue weighted by Crippen LogP contribution is 2.16. The highest BCUT2D eigenvalue weighted by atomic mass is 32.1. The molecular weight excluding hydrogens is 228 g/mol. The third-order valence-corrected chi connectivity index (χ3v) is 3.47. The second-order valence-corrected chi connectivity index (χ2v) is 5.52. The molecule has 0 aliphatic rings. The zero-order chi connectivity index (χ0) is 12.3. The first-order valence-corrected chi connectivity index (χ1v) is 6.76. The van der Waals surface area contributed by atoms with Gasteiger partial charge in [-0.25, -0.2) is 4.98 Å². The minimum atomic E-state index is 0.184. The van der Waals surface area contributed by atoms with Crippen molar-refractivity contribution in [3.05, 3.63) is 51.5 Å². The minimum absolute atomic E-state index is 0.184. The third kappa shape index (κ3) is 3.65. The van der Waals surface area contributed by atoms with Crippen molar-refractivity contribution in [3.63, 3.8) is 0 Å². The van der Waals surface area contributed by atoms with E-state index in [1.165, 1.54) is 16.1 Å². The number of aromatic nitrogens is 1. The molecule has 90 valence electrons. The van der Waals surface area contributed by atoms with E-state index in [4.69, 9.17) is 5.73 Å². The van der Waals surface area contributed by atoms with Crippen molar-refractivity contribution in [2.45, 2.75) is 32.7 Å². The van der Waals surface area contributed by atoms with Crippen LogP contribution < -0.4 is 5.73 Å². The quantitative estimate of drug-likeness (QED) is 0.901. The molecule has 0 aliphatic carbocycles. The average Bonchev–Trinajstić information content (AvgIpc) is 2.64. The van der Waals surface area contributed by atoms with Crippen LogP contribution in [0.4, 0.5) is 0 Å². The second kappa shape index (κ2) is 5.43. The third-order valence-electron chi connectivity index (χ3n) is 2.57. The predicted molar refractivity (Wildman–Crippen MR) is 73.5 cm³/mol. The molecule has 17 heavy (non-hydrogen) atoms. The molecule has 0 radical (unpaired) electrons. The van der Waals surface area contributed by atoms with E-state index in [1.807, 2.05) is 6.92 Å². The SMILES string of the molecule is Cc1cccc(Cc2nc(CC(C)N)cs2)c1. The Balaban J connectivity index is 2.06.